The van der Waals surface area contributed by atoms with Gasteiger partial charge in [0.05, 0.1) is 18.8 Å². The van der Waals surface area contributed by atoms with Crippen molar-refractivity contribution in [3.05, 3.63) is 34.6 Å². The molecule has 0 saturated carbocycles. The molecule has 2 rings (SSSR count). The molecule has 5 heteroatoms. The van der Waals surface area contributed by atoms with Crippen molar-refractivity contribution in [2.24, 2.45) is 0 Å². The van der Waals surface area contributed by atoms with E-state index in [-0.39, 0.29) is 18.0 Å². The van der Waals surface area contributed by atoms with Crippen molar-refractivity contribution in [3.8, 4) is 0 Å². The summed E-state index contributed by atoms with van der Waals surface area (Å²) in [6.45, 7) is 8.49. The van der Waals surface area contributed by atoms with E-state index < -0.39 is 0 Å². The van der Waals surface area contributed by atoms with Gasteiger partial charge in [0.1, 0.15) is 5.82 Å². The fourth-order valence-corrected chi connectivity index (χ4v) is 3.03. The maximum atomic E-state index is 14.2. The molecule has 3 nitrogen and oxygen atoms in total. The lowest BCUT2D eigenvalue weighted by Crippen LogP contribution is -2.48. The van der Waals surface area contributed by atoms with Crippen LogP contribution in [0.1, 0.15) is 31.9 Å². The van der Waals surface area contributed by atoms with E-state index >= 15 is 0 Å². The van der Waals surface area contributed by atoms with Crippen LogP contribution >= 0.6 is 11.6 Å². The quantitative estimate of drug-likeness (QED) is 0.872. The van der Waals surface area contributed by atoms with Gasteiger partial charge in [0.15, 0.2) is 0 Å². The number of likely N-dealkylation sites (N-methyl/N-ethyl adjacent to an activating group) is 1. The predicted octanol–water partition coefficient (Wildman–Crippen LogP) is 3.24. The number of benzene rings is 1. The Hall–Kier alpha value is -0.680. The molecule has 1 aromatic rings. The molecule has 1 aliphatic rings. The van der Waals surface area contributed by atoms with Crippen LogP contribution < -0.4 is 5.32 Å². The van der Waals surface area contributed by atoms with E-state index in [9.17, 15) is 4.39 Å². The third kappa shape index (κ3) is 4.39. The molecule has 1 N–H and O–H groups in total. The molecule has 0 bridgehead atoms. The molecule has 0 spiro atoms. The van der Waals surface area contributed by atoms with E-state index in [4.69, 9.17) is 16.3 Å². The monoisotopic (exact) mass is 314 g/mol. The number of nitrogens with zero attached hydrogens (tertiary/aromatic N) is 1. The van der Waals surface area contributed by atoms with E-state index in [0.29, 0.717) is 17.2 Å². The zero-order chi connectivity index (χ0) is 15.2. The summed E-state index contributed by atoms with van der Waals surface area (Å²) in [5.41, 5.74) is 0.629. The fourth-order valence-electron chi connectivity index (χ4n) is 2.87. The van der Waals surface area contributed by atoms with Crippen molar-refractivity contribution in [3.63, 3.8) is 0 Å². The first-order valence-electron chi connectivity index (χ1n) is 7.68. The molecule has 2 unspecified atom stereocenters. The average Bonchev–Trinajstić information content (AvgIpc) is 2.46. The minimum Gasteiger partial charge on any atom is -0.374 e. The van der Waals surface area contributed by atoms with E-state index in [2.05, 4.69) is 17.1 Å². The van der Waals surface area contributed by atoms with Crippen molar-refractivity contribution < 1.29 is 9.13 Å². The van der Waals surface area contributed by atoms with Crippen LogP contribution in [0.15, 0.2) is 18.2 Å². The van der Waals surface area contributed by atoms with Gasteiger partial charge in [-0.2, -0.15) is 0 Å². The van der Waals surface area contributed by atoms with Crippen molar-refractivity contribution in [1.82, 2.24) is 10.2 Å². The topological polar surface area (TPSA) is 24.5 Å². The normalized spacial score (nSPS) is 21.4. The first kappa shape index (κ1) is 16.7. The van der Waals surface area contributed by atoms with Crippen LogP contribution in [-0.4, -0.2) is 43.8 Å². The second-order valence-corrected chi connectivity index (χ2v) is 5.85. The largest absolute Gasteiger partial charge is 0.374 e. The van der Waals surface area contributed by atoms with Gasteiger partial charge in [-0.1, -0.05) is 31.5 Å². The summed E-state index contributed by atoms with van der Waals surface area (Å²) in [5, 5.41) is 3.78. The molecular weight excluding hydrogens is 291 g/mol. The van der Waals surface area contributed by atoms with Crippen LogP contribution in [-0.2, 0) is 4.74 Å². The molecule has 1 aliphatic heterocycles. The SMILES string of the molecule is CCCN1CCOC(C(NCC)c2ccc(Cl)cc2F)C1. The highest BCUT2D eigenvalue weighted by Gasteiger charge is 2.30. The lowest BCUT2D eigenvalue weighted by Gasteiger charge is -2.37. The highest BCUT2D eigenvalue weighted by Crippen LogP contribution is 2.26. The molecule has 0 radical (unpaired) electrons. The number of halogens is 2. The first-order valence-corrected chi connectivity index (χ1v) is 8.05. The third-order valence-corrected chi connectivity index (χ3v) is 4.05. The Labute approximate surface area is 131 Å². The number of rotatable bonds is 6. The van der Waals surface area contributed by atoms with E-state index in [1.807, 2.05) is 6.92 Å². The van der Waals surface area contributed by atoms with Crippen molar-refractivity contribution in [2.75, 3.05) is 32.8 Å². The van der Waals surface area contributed by atoms with Crippen LogP contribution in [0.2, 0.25) is 5.02 Å². The molecule has 1 saturated heterocycles. The van der Waals surface area contributed by atoms with Gasteiger partial charge in [0.25, 0.3) is 0 Å². The summed E-state index contributed by atoms with van der Waals surface area (Å²) in [7, 11) is 0. The van der Waals surface area contributed by atoms with Crippen LogP contribution in [0.25, 0.3) is 0 Å². The van der Waals surface area contributed by atoms with Gasteiger partial charge in [-0.25, -0.2) is 4.39 Å². The van der Waals surface area contributed by atoms with E-state index in [1.165, 1.54) is 6.07 Å². The van der Waals surface area contributed by atoms with Gasteiger partial charge in [-0.05, 0) is 31.6 Å². The van der Waals surface area contributed by atoms with Crippen molar-refractivity contribution in [1.29, 1.82) is 0 Å². The van der Waals surface area contributed by atoms with Gasteiger partial charge in [0.2, 0.25) is 0 Å². The standard InChI is InChI=1S/C16H24ClFN2O/c1-3-7-20-8-9-21-15(11-20)16(19-4-2)13-6-5-12(17)10-14(13)18/h5-6,10,15-16,19H,3-4,7-9,11H2,1-2H3. The minimum absolute atomic E-state index is 0.0408. The van der Waals surface area contributed by atoms with Gasteiger partial charge in [-0.15, -0.1) is 0 Å². The van der Waals surface area contributed by atoms with Crippen LogP contribution in [0, 0.1) is 5.82 Å². The molecule has 0 amide bonds. The van der Waals surface area contributed by atoms with Gasteiger partial charge >= 0.3 is 0 Å². The Morgan fingerprint density at radius 1 is 1.48 bits per heavy atom. The van der Waals surface area contributed by atoms with Crippen molar-refractivity contribution in [2.45, 2.75) is 32.4 Å². The zero-order valence-electron chi connectivity index (χ0n) is 12.7. The highest BCUT2D eigenvalue weighted by atomic mass is 35.5. The number of ether oxygens (including phenoxy) is 1. The Kier molecular flexibility index (Phi) is 6.42. The third-order valence-electron chi connectivity index (χ3n) is 3.81. The first-order chi connectivity index (χ1) is 10.2. The summed E-state index contributed by atoms with van der Waals surface area (Å²) in [6, 6.07) is 4.71. The molecular formula is C16H24ClFN2O. The van der Waals surface area contributed by atoms with Gasteiger partial charge in [-0.3, -0.25) is 4.90 Å². The number of nitrogens with one attached hydrogen (secondary N) is 1. The smallest absolute Gasteiger partial charge is 0.129 e. The second kappa shape index (κ2) is 8.08. The molecule has 0 aliphatic carbocycles. The van der Waals surface area contributed by atoms with Gasteiger partial charge in [0, 0.05) is 23.7 Å². The molecule has 0 aromatic heterocycles. The summed E-state index contributed by atoms with van der Waals surface area (Å²) < 4.78 is 20.1. The second-order valence-electron chi connectivity index (χ2n) is 5.41. The highest BCUT2D eigenvalue weighted by molar-refractivity contribution is 6.30. The van der Waals surface area contributed by atoms with Crippen LogP contribution in [0.5, 0.6) is 0 Å². The molecule has 118 valence electrons. The number of hydrogen-bond acceptors (Lipinski definition) is 3. The van der Waals surface area contributed by atoms with Crippen molar-refractivity contribution >= 4 is 11.6 Å². The number of morpholine rings is 1. The van der Waals surface area contributed by atoms with Crippen LogP contribution in [0.3, 0.4) is 0 Å². The fraction of sp³-hybridized carbons (Fsp3) is 0.625. The molecule has 1 aromatic carbocycles. The maximum absolute atomic E-state index is 14.2. The number of hydrogen-bond donors (Lipinski definition) is 1. The molecule has 1 heterocycles. The Morgan fingerprint density at radius 3 is 2.95 bits per heavy atom. The molecule has 2 atom stereocenters. The average molecular weight is 315 g/mol. The molecule has 21 heavy (non-hydrogen) atoms. The summed E-state index contributed by atoms with van der Waals surface area (Å²) in [6.07, 6.45) is 1.08. The Balaban J connectivity index is 2.17. The van der Waals surface area contributed by atoms with Crippen LogP contribution in [0.4, 0.5) is 4.39 Å². The Morgan fingerprint density at radius 2 is 2.29 bits per heavy atom. The zero-order valence-corrected chi connectivity index (χ0v) is 13.5. The van der Waals surface area contributed by atoms with E-state index in [1.54, 1.807) is 12.1 Å². The summed E-state index contributed by atoms with van der Waals surface area (Å²) in [4.78, 5) is 2.38. The Bertz CT molecular complexity index is 456. The lowest BCUT2D eigenvalue weighted by atomic mass is 9.99. The minimum atomic E-state index is -0.273. The maximum Gasteiger partial charge on any atom is 0.129 e. The lowest BCUT2D eigenvalue weighted by molar-refractivity contribution is -0.0473. The molecule has 1 fully saturated rings. The van der Waals surface area contributed by atoms with Gasteiger partial charge < -0.3 is 10.1 Å². The van der Waals surface area contributed by atoms with E-state index in [0.717, 1.165) is 32.6 Å². The summed E-state index contributed by atoms with van der Waals surface area (Å²) >= 11 is 5.85. The summed E-state index contributed by atoms with van der Waals surface area (Å²) in [5.74, 6) is -0.273. The predicted molar refractivity (Wildman–Crippen MR) is 84.3 cm³/mol.